The van der Waals surface area contributed by atoms with Crippen LogP contribution >= 0.6 is 0 Å². The second-order valence-electron chi connectivity index (χ2n) is 6.08. The number of rotatable bonds is 3. The van der Waals surface area contributed by atoms with Gasteiger partial charge >= 0.3 is 5.51 Å². The van der Waals surface area contributed by atoms with Gasteiger partial charge in [0, 0.05) is 25.5 Å². The fourth-order valence-corrected chi connectivity index (χ4v) is 3.58. The van der Waals surface area contributed by atoms with E-state index < -0.39 is 20.2 Å². The fraction of sp³-hybridized carbons (Fsp3) is 0.312. The van der Waals surface area contributed by atoms with E-state index in [4.69, 9.17) is 4.74 Å². The summed E-state index contributed by atoms with van der Waals surface area (Å²) in [6.07, 6.45) is 3.09. The molecule has 3 aromatic rings. The van der Waals surface area contributed by atoms with Crippen LogP contribution < -0.4 is 4.90 Å². The van der Waals surface area contributed by atoms with E-state index in [9.17, 15) is 21.6 Å². The second kappa shape index (κ2) is 6.71. The van der Waals surface area contributed by atoms with Gasteiger partial charge in [-0.2, -0.15) is 13.2 Å². The molecule has 0 aliphatic carbocycles. The van der Waals surface area contributed by atoms with Crippen molar-refractivity contribution in [3.63, 3.8) is 0 Å². The number of anilines is 1. The third kappa shape index (κ3) is 3.29. The number of sulfone groups is 1. The van der Waals surface area contributed by atoms with Gasteiger partial charge in [-0.1, -0.05) is 0 Å². The first kappa shape index (κ1) is 18.6. The molecule has 0 atom stereocenters. The number of morpholine rings is 1. The first-order chi connectivity index (χ1) is 13.3. The molecule has 1 aromatic carbocycles. The zero-order chi connectivity index (χ0) is 19.9. The monoisotopic (exact) mass is 413 g/mol. The van der Waals surface area contributed by atoms with Gasteiger partial charge in [0.05, 0.1) is 34.7 Å². The van der Waals surface area contributed by atoms with Gasteiger partial charge in [0.25, 0.3) is 9.84 Å². The topological polar surface area (TPSA) is 101 Å². The smallest absolute Gasteiger partial charge is 0.378 e. The molecule has 3 heterocycles. The highest BCUT2D eigenvalue weighted by atomic mass is 32.2. The molecular weight excluding hydrogens is 399 g/mol. The molecule has 12 heteroatoms. The predicted octanol–water partition coefficient (Wildman–Crippen LogP) is 2.15. The molecule has 0 spiro atoms. The van der Waals surface area contributed by atoms with E-state index in [2.05, 4.69) is 19.9 Å². The highest BCUT2D eigenvalue weighted by Gasteiger charge is 2.46. The van der Waals surface area contributed by atoms with Crippen LogP contribution in [0.4, 0.5) is 19.1 Å². The summed E-state index contributed by atoms with van der Waals surface area (Å²) in [7, 11) is -5.43. The molecule has 8 nitrogen and oxygen atoms in total. The quantitative estimate of drug-likeness (QED) is 0.702. The first-order valence-electron chi connectivity index (χ1n) is 8.22. The number of ether oxygens (including phenoxy) is 1. The Kier molecular flexibility index (Phi) is 4.46. The predicted molar refractivity (Wildman–Crippen MR) is 93.4 cm³/mol. The minimum Gasteiger partial charge on any atom is -0.378 e. The van der Waals surface area contributed by atoms with Crippen molar-refractivity contribution in [2.24, 2.45) is 0 Å². The molecule has 0 bridgehead atoms. The standard InChI is InChI=1S/C16H14F3N5O3S/c17-16(18,19)28(25,26)11-1-2-12-13(7-11)23-14(22-12)10-8-20-15(21-9-10)24-3-5-27-6-4-24/h1-2,7-9H,3-6H2,(H,22,23). The van der Waals surface area contributed by atoms with Crippen LogP contribution in [0, 0.1) is 0 Å². The Bertz CT molecular complexity index is 1110. The highest BCUT2D eigenvalue weighted by Crippen LogP contribution is 2.32. The van der Waals surface area contributed by atoms with Crippen molar-refractivity contribution in [2.45, 2.75) is 10.4 Å². The van der Waals surface area contributed by atoms with Gasteiger partial charge < -0.3 is 14.6 Å². The lowest BCUT2D eigenvalue weighted by molar-refractivity contribution is -0.0435. The van der Waals surface area contributed by atoms with Gasteiger partial charge in [0.15, 0.2) is 0 Å². The van der Waals surface area contributed by atoms with Crippen LogP contribution in [0.3, 0.4) is 0 Å². The van der Waals surface area contributed by atoms with Crippen LogP contribution in [-0.2, 0) is 14.6 Å². The minimum absolute atomic E-state index is 0.164. The van der Waals surface area contributed by atoms with Gasteiger partial charge in [-0.25, -0.2) is 23.4 Å². The van der Waals surface area contributed by atoms with Crippen molar-refractivity contribution in [1.29, 1.82) is 0 Å². The maximum absolute atomic E-state index is 12.7. The molecule has 1 aliphatic heterocycles. The van der Waals surface area contributed by atoms with Crippen molar-refractivity contribution >= 4 is 26.8 Å². The summed E-state index contributed by atoms with van der Waals surface area (Å²) in [6.45, 7) is 2.55. The number of aromatic nitrogens is 4. The lowest BCUT2D eigenvalue weighted by Gasteiger charge is -2.26. The summed E-state index contributed by atoms with van der Waals surface area (Å²) >= 11 is 0. The van der Waals surface area contributed by atoms with Crippen LogP contribution in [0.15, 0.2) is 35.5 Å². The summed E-state index contributed by atoms with van der Waals surface area (Å²) in [5.74, 6) is 0.867. The third-order valence-corrected chi connectivity index (χ3v) is 5.76. The number of fused-ring (bicyclic) bond motifs is 1. The Balaban J connectivity index is 1.65. The van der Waals surface area contributed by atoms with Gasteiger partial charge in [-0.05, 0) is 18.2 Å². The number of halogens is 3. The maximum atomic E-state index is 12.7. The molecule has 0 radical (unpaired) electrons. The number of benzene rings is 1. The third-order valence-electron chi connectivity index (χ3n) is 4.27. The van der Waals surface area contributed by atoms with Crippen molar-refractivity contribution < 1.29 is 26.3 Å². The number of aromatic amines is 1. The SMILES string of the molecule is O=S(=O)(c1ccc2nc(-c3cnc(N4CCOCC4)nc3)[nH]c2c1)C(F)(F)F. The zero-order valence-corrected chi connectivity index (χ0v) is 15.1. The summed E-state index contributed by atoms with van der Waals surface area (Å²) in [5.41, 5.74) is -4.36. The van der Waals surface area contributed by atoms with E-state index in [-0.39, 0.29) is 5.52 Å². The van der Waals surface area contributed by atoms with Gasteiger partial charge in [0.2, 0.25) is 5.95 Å². The Morgan fingerprint density at radius 3 is 2.43 bits per heavy atom. The highest BCUT2D eigenvalue weighted by molar-refractivity contribution is 7.92. The van der Waals surface area contributed by atoms with Gasteiger partial charge in [-0.15, -0.1) is 0 Å². The first-order valence-corrected chi connectivity index (χ1v) is 9.70. The molecule has 148 valence electrons. The van der Waals surface area contributed by atoms with E-state index in [1.807, 2.05) is 4.90 Å². The number of nitrogens with one attached hydrogen (secondary N) is 1. The number of H-pyrrole nitrogens is 1. The summed E-state index contributed by atoms with van der Waals surface area (Å²) in [5, 5.41) is 0. The van der Waals surface area contributed by atoms with Crippen molar-refractivity contribution in [3.05, 3.63) is 30.6 Å². The van der Waals surface area contributed by atoms with Crippen LogP contribution in [-0.4, -0.2) is 60.2 Å². The number of alkyl halides is 3. The minimum atomic E-state index is -5.43. The molecule has 4 rings (SSSR count). The van der Waals surface area contributed by atoms with Crippen LogP contribution in [0.2, 0.25) is 0 Å². The molecule has 1 N–H and O–H groups in total. The Morgan fingerprint density at radius 2 is 1.79 bits per heavy atom. The maximum Gasteiger partial charge on any atom is 0.501 e. The molecule has 2 aromatic heterocycles. The molecular formula is C16H14F3N5O3S. The van der Waals surface area contributed by atoms with Crippen molar-refractivity contribution in [1.82, 2.24) is 19.9 Å². The molecule has 0 amide bonds. The van der Waals surface area contributed by atoms with Gasteiger partial charge in [0.1, 0.15) is 5.82 Å². The number of imidazole rings is 1. The summed E-state index contributed by atoms with van der Waals surface area (Å²) in [6, 6.07) is 3.02. The average molecular weight is 413 g/mol. The van der Waals surface area contributed by atoms with E-state index >= 15 is 0 Å². The lowest BCUT2D eigenvalue weighted by atomic mass is 10.3. The molecule has 0 unspecified atom stereocenters. The molecule has 28 heavy (non-hydrogen) atoms. The Morgan fingerprint density at radius 1 is 1.11 bits per heavy atom. The second-order valence-corrected chi connectivity index (χ2v) is 8.03. The van der Waals surface area contributed by atoms with Crippen LogP contribution in [0.5, 0.6) is 0 Å². The average Bonchev–Trinajstić information content (AvgIpc) is 3.11. The lowest BCUT2D eigenvalue weighted by Crippen LogP contribution is -2.37. The van der Waals surface area contributed by atoms with Gasteiger partial charge in [-0.3, -0.25) is 0 Å². The van der Waals surface area contributed by atoms with E-state index in [1.54, 1.807) is 12.4 Å². The summed E-state index contributed by atoms with van der Waals surface area (Å²) < 4.78 is 66.6. The van der Waals surface area contributed by atoms with Crippen LogP contribution in [0.25, 0.3) is 22.4 Å². The Labute approximate surface area is 157 Å². The normalized spacial score (nSPS) is 15.9. The molecule has 1 fully saturated rings. The molecule has 1 saturated heterocycles. The van der Waals surface area contributed by atoms with Crippen molar-refractivity contribution in [2.75, 3.05) is 31.2 Å². The molecule has 0 saturated carbocycles. The number of nitrogens with zero attached hydrogens (tertiary/aromatic N) is 4. The Hall–Kier alpha value is -2.73. The largest absolute Gasteiger partial charge is 0.501 e. The molecule has 1 aliphatic rings. The van der Waals surface area contributed by atoms with E-state index in [0.717, 1.165) is 12.1 Å². The fourth-order valence-electron chi connectivity index (χ4n) is 2.80. The van der Waals surface area contributed by atoms with E-state index in [1.165, 1.54) is 6.07 Å². The van der Waals surface area contributed by atoms with E-state index in [0.29, 0.717) is 49.2 Å². The summed E-state index contributed by atoms with van der Waals surface area (Å²) in [4.78, 5) is 16.8. The number of hydrogen-bond donors (Lipinski definition) is 1. The van der Waals surface area contributed by atoms with Crippen LogP contribution in [0.1, 0.15) is 0 Å². The zero-order valence-electron chi connectivity index (χ0n) is 14.3. The number of hydrogen-bond acceptors (Lipinski definition) is 7. The van der Waals surface area contributed by atoms with Crippen molar-refractivity contribution in [3.8, 4) is 11.4 Å².